The molecule has 6 heteroatoms. The molecule has 1 saturated carbocycles. The first kappa shape index (κ1) is 17.8. The summed E-state index contributed by atoms with van der Waals surface area (Å²) in [5.41, 5.74) is 1.77. The summed E-state index contributed by atoms with van der Waals surface area (Å²) in [7, 11) is 0. The highest BCUT2D eigenvalue weighted by Gasteiger charge is 2.29. The van der Waals surface area contributed by atoms with Gasteiger partial charge in [0, 0.05) is 24.2 Å². The van der Waals surface area contributed by atoms with Crippen LogP contribution in [0, 0.1) is 5.92 Å². The molecule has 23 heavy (non-hydrogen) atoms. The van der Waals surface area contributed by atoms with Gasteiger partial charge in [0.25, 0.3) is 0 Å². The van der Waals surface area contributed by atoms with E-state index in [0.717, 1.165) is 50.0 Å². The maximum absolute atomic E-state index is 12.0. The van der Waals surface area contributed by atoms with Gasteiger partial charge in [-0.3, -0.25) is 9.59 Å². The lowest BCUT2D eigenvalue weighted by atomic mass is 10.1. The van der Waals surface area contributed by atoms with Gasteiger partial charge in [0.15, 0.2) is 0 Å². The Bertz CT molecular complexity index is 537. The van der Waals surface area contributed by atoms with Gasteiger partial charge in [-0.25, -0.2) is 0 Å². The number of hydrogen-bond donors (Lipinski definition) is 3. The Morgan fingerprint density at radius 3 is 2.48 bits per heavy atom. The van der Waals surface area contributed by atoms with Crippen LogP contribution in [0.4, 0.5) is 5.69 Å². The monoisotopic (exact) mass is 337 g/mol. The molecular weight excluding hydrogens is 314 g/mol. The minimum Gasteiger partial charge on any atom is -0.352 e. The van der Waals surface area contributed by atoms with E-state index in [1.165, 1.54) is 0 Å². The average molecular weight is 338 g/mol. The zero-order valence-electron chi connectivity index (χ0n) is 13.1. The van der Waals surface area contributed by atoms with Crippen molar-refractivity contribution >= 4 is 29.9 Å². The van der Waals surface area contributed by atoms with Crippen LogP contribution in [-0.2, 0) is 16.0 Å². The number of amides is 2. The predicted octanol–water partition coefficient (Wildman–Crippen LogP) is 1.87. The van der Waals surface area contributed by atoms with Gasteiger partial charge in [-0.1, -0.05) is 12.1 Å². The number of nitrogens with one attached hydrogen (secondary N) is 3. The number of rotatable bonds is 5. The second-order valence-corrected chi connectivity index (χ2v) is 6.25. The Morgan fingerprint density at radius 1 is 1.13 bits per heavy atom. The molecule has 0 bridgehead atoms. The van der Waals surface area contributed by atoms with Crippen molar-refractivity contribution in [2.75, 3.05) is 18.4 Å². The summed E-state index contributed by atoms with van der Waals surface area (Å²) in [5, 5.41) is 9.26. The molecule has 2 amide bonds. The van der Waals surface area contributed by atoms with Crippen LogP contribution < -0.4 is 16.0 Å². The van der Waals surface area contributed by atoms with Crippen LogP contribution in [0.3, 0.4) is 0 Å². The van der Waals surface area contributed by atoms with E-state index in [9.17, 15) is 9.59 Å². The maximum atomic E-state index is 12.0. The summed E-state index contributed by atoms with van der Waals surface area (Å²) in [6.45, 7) is 1.90. The van der Waals surface area contributed by atoms with E-state index in [0.29, 0.717) is 6.42 Å². The molecule has 1 aliphatic heterocycles. The Kier molecular flexibility index (Phi) is 6.42. The standard InChI is InChI=1S/C17H23N3O2.ClH/c21-16(19-15-2-1-9-18-11-15)10-12-3-7-14(8-4-12)20-17(22)13-5-6-13;/h3-4,7-8,13,15,18H,1-2,5-6,9-11H2,(H,19,21)(H,20,22);1H/t15-;/m0./s1. The minimum absolute atomic E-state index is 0. The van der Waals surface area contributed by atoms with Gasteiger partial charge in [-0.2, -0.15) is 0 Å². The molecule has 126 valence electrons. The van der Waals surface area contributed by atoms with Crippen LogP contribution in [0.25, 0.3) is 0 Å². The summed E-state index contributed by atoms with van der Waals surface area (Å²) >= 11 is 0. The average Bonchev–Trinajstić information content (AvgIpc) is 3.35. The molecule has 2 fully saturated rings. The molecule has 1 aliphatic carbocycles. The quantitative estimate of drug-likeness (QED) is 0.768. The lowest BCUT2D eigenvalue weighted by Crippen LogP contribution is -2.46. The fourth-order valence-corrected chi connectivity index (χ4v) is 2.73. The van der Waals surface area contributed by atoms with Gasteiger partial charge in [0.1, 0.15) is 0 Å². The molecule has 0 aromatic heterocycles. The first-order valence-electron chi connectivity index (χ1n) is 8.10. The van der Waals surface area contributed by atoms with Gasteiger partial charge in [-0.05, 0) is 49.9 Å². The smallest absolute Gasteiger partial charge is 0.227 e. The van der Waals surface area contributed by atoms with Crippen molar-refractivity contribution in [1.29, 1.82) is 0 Å². The predicted molar refractivity (Wildman–Crippen MR) is 92.8 cm³/mol. The summed E-state index contributed by atoms with van der Waals surface area (Å²) in [5.74, 6) is 0.369. The molecule has 0 radical (unpaired) electrons. The topological polar surface area (TPSA) is 70.2 Å². The number of piperidine rings is 1. The van der Waals surface area contributed by atoms with E-state index in [1.54, 1.807) is 0 Å². The molecule has 0 unspecified atom stereocenters. The number of carbonyl (C=O) groups is 2. The van der Waals surface area contributed by atoms with Crippen LogP contribution in [0.15, 0.2) is 24.3 Å². The SMILES string of the molecule is Cl.O=C(Cc1ccc(NC(=O)C2CC2)cc1)N[C@H]1CCCNC1. The Labute approximate surface area is 143 Å². The third-order valence-electron chi connectivity index (χ3n) is 4.20. The molecule has 3 N–H and O–H groups in total. The summed E-state index contributed by atoms with van der Waals surface area (Å²) < 4.78 is 0. The van der Waals surface area contributed by atoms with Crippen LogP contribution in [0.2, 0.25) is 0 Å². The Balaban J connectivity index is 0.00000192. The highest BCUT2D eigenvalue weighted by Crippen LogP contribution is 2.30. The van der Waals surface area contributed by atoms with E-state index in [-0.39, 0.29) is 36.2 Å². The maximum Gasteiger partial charge on any atom is 0.227 e. The third-order valence-corrected chi connectivity index (χ3v) is 4.20. The largest absolute Gasteiger partial charge is 0.352 e. The number of hydrogen-bond acceptors (Lipinski definition) is 3. The van der Waals surface area contributed by atoms with Gasteiger partial charge in [-0.15, -0.1) is 12.4 Å². The van der Waals surface area contributed by atoms with Crippen molar-refractivity contribution in [3.63, 3.8) is 0 Å². The molecular formula is C17H24ClN3O2. The minimum atomic E-state index is 0. The van der Waals surface area contributed by atoms with Gasteiger partial charge in [0.05, 0.1) is 6.42 Å². The molecule has 1 atom stereocenters. The van der Waals surface area contributed by atoms with Crippen molar-refractivity contribution in [2.45, 2.75) is 38.1 Å². The molecule has 0 spiro atoms. The molecule has 3 rings (SSSR count). The Hall–Kier alpha value is -1.59. The van der Waals surface area contributed by atoms with E-state index in [2.05, 4.69) is 16.0 Å². The number of halogens is 1. The number of benzene rings is 1. The lowest BCUT2D eigenvalue weighted by Gasteiger charge is -2.23. The second kappa shape index (κ2) is 8.31. The van der Waals surface area contributed by atoms with Crippen molar-refractivity contribution in [2.24, 2.45) is 5.92 Å². The molecule has 5 nitrogen and oxygen atoms in total. The van der Waals surface area contributed by atoms with Crippen molar-refractivity contribution in [1.82, 2.24) is 10.6 Å². The summed E-state index contributed by atoms with van der Waals surface area (Å²) in [6, 6.07) is 7.79. The van der Waals surface area contributed by atoms with Gasteiger partial charge >= 0.3 is 0 Å². The first-order valence-corrected chi connectivity index (χ1v) is 8.10. The molecule has 2 aliphatic rings. The van der Waals surface area contributed by atoms with Crippen molar-refractivity contribution in [3.8, 4) is 0 Å². The van der Waals surface area contributed by atoms with Crippen LogP contribution >= 0.6 is 12.4 Å². The van der Waals surface area contributed by atoms with Gasteiger partial charge < -0.3 is 16.0 Å². The van der Waals surface area contributed by atoms with E-state index >= 15 is 0 Å². The van der Waals surface area contributed by atoms with E-state index in [4.69, 9.17) is 0 Å². The molecule has 1 aromatic rings. The van der Waals surface area contributed by atoms with Crippen LogP contribution in [-0.4, -0.2) is 30.9 Å². The molecule has 1 heterocycles. The van der Waals surface area contributed by atoms with Crippen molar-refractivity contribution in [3.05, 3.63) is 29.8 Å². The zero-order chi connectivity index (χ0) is 15.4. The highest BCUT2D eigenvalue weighted by molar-refractivity contribution is 5.94. The fraction of sp³-hybridized carbons (Fsp3) is 0.529. The first-order chi connectivity index (χ1) is 10.7. The van der Waals surface area contributed by atoms with E-state index in [1.807, 2.05) is 24.3 Å². The summed E-state index contributed by atoms with van der Waals surface area (Å²) in [4.78, 5) is 23.7. The third kappa shape index (κ3) is 5.52. The summed E-state index contributed by atoms with van der Waals surface area (Å²) in [6.07, 6.45) is 4.54. The normalized spacial score (nSPS) is 20.3. The van der Waals surface area contributed by atoms with Crippen molar-refractivity contribution < 1.29 is 9.59 Å². The van der Waals surface area contributed by atoms with Gasteiger partial charge in [0.2, 0.25) is 11.8 Å². The zero-order valence-corrected chi connectivity index (χ0v) is 14.0. The second-order valence-electron chi connectivity index (χ2n) is 6.25. The van der Waals surface area contributed by atoms with E-state index < -0.39 is 0 Å². The molecule has 1 aromatic carbocycles. The van der Waals surface area contributed by atoms with Crippen LogP contribution in [0.5, 0.6) is 0 Å². The number of carbonyl (C=O) groups excluding carboxylic acids is 2. The fourth-order valence-electron chi connectivity index (χ4n) is 2.73. The lowest BCUT2D eigenvalue weighted by molar-refractivity contribution is -0.121. The highest BCUT2D eigenvalue weighted by atomic mass is 35.5. The number of anilines is 1. The molecule has 1 saturated heterocycles. The Morgan fingerprint density at radius 2 is 1.87 bits per heavy atom. The van der Waals surface area contributed by atoms with Crippen LogP contribution in [0.1, 0.15) is 31.2 Å².